The number of nitroso groups, excluding NO2 is 1. The van der Waals surface area contributed by atoms with Gasteiger partial charge in [0, 0.05) is 0 Å². The van der Waals surface area contributed by atoms with Crippen molar-refractivity contribution in [2.45, 2.75) is 0 Å². The lowest BCUT2D eigenvalue weighted by Crippen LogP contribution is -1.89. The van der Waals surface area contributed by atoms with Crippen LogP contribution in [0.15, 0.2) is 29.4 Å². The van der Waals surface area contributed by atoms with Crippen molar-refractivity contribution in [3.8, 4) is 0 Å². The first-order chi connectivity index (χ1) is 6.34. The molecule has 0 fully saturated rings. The van der Waals surface area contributed by atoms with Crippen LogP contribution in [0.4, 0.5) is 11.4 Å². The van der Waals surface area contributed by atoms with Gasteiger partial charge in [-0.1, -0.05) is 12.1 Å². The maximum absolute atomic E-state index is 9.90. The van der Waals surface area contributed by atoms with E-state index in [2.05, 4.69) is 5.18 Å². The summed E-state index contributed by atoms with van der Waals surface area (Å²) in [6, 6.07) is 6.68. The van der Waals surface area contributed by atoms with Gasteiger partial charge in [0.25, 0.3) is 0 Å². The van der Waals surface area contributed by atoms with Crippen LogP contribution < -0.4 is 5.73 Å². The lowest BCUT2D eigenvalue weighted by atomic mass is 10.3. The van der Waals surface area contributed by atoms with Gasteiger partial charge in [-0.3, -0.25) is 9.11 Å². The van der Waals surface area contributed by atoms with Crippen LogP contribution in [0.5, 0.6) is 0 Å². The molecule has 0 bridgehead atoms. The van der Waals surface area contributed by atoms with Crippen molar-refractivity contribution in [3.05, 3.63) is 29.2 Å². The first kappa shape index (κ1) is 12.5. The maximum Gasteiger partial charge on any atom is 0.394 e. The van der Waals surface area contributed by atoms with Crippen LogP contribution >= 0.6 is 0 Å². The van der Waals surface area contributed by atoms with Crippen LogP contribution in [-0.2, 0) is 10.4 Å². The van der Waals surface area contributed by atoms with Gasteiger partial charge in [-0.25, -0.2) is 0 Å². The minimum absolute atomic E-state index is 0.303. The van der Waals surface area contributed by atoms with Gasteiger partial charge in [0.1, 0.15) is 5.69 Å². The lowest BCUT2D eigenvalue weighted by molar-refractivity contribution is 0.381. The summed E-state index contributed by atoms with van der Waals surface area (Å²) in [5.74, 6) is 0. The Kier molecular flexibility index (Phi) is 4.70. The Morgan fingerprint density at radius 3 is 1.93 bits per heavy atom. The molecular formula is C6H8N2O5S. The highest BCUT2D eigenvalue weighted by Crippen LogP contribution is 2.18. The molecule has 0 spiro atoms. The van der Waals surface area contributed by atoms with E-state index in [9.17, 15) is 4.91 Å². The number of rotatable bonds is 1. The van der Waals surface area contributed by atoms with E-state index in [0.29, 0.717) is 11.4 Å². The standard InChI is InChI=1S/C6H6N2O.H2O4S/c7-5-3-1-2-4-6(5)8-9;1-5(2,3)4/h1-4H,7H2;(H2,1,2,3,4). The number of nitrogens with two attached hydrogens (primary N) is 1. The molecule has 1 rings (SSSR count). The average molecular weight is 220 g/mol. The summed E-state index contributed by atoms with van der Waals surface area (Å²) in [7, 11) is -4.67. The smallest absolute Gasteiger partial charge is 0.394 e. The Balaban J connectivity index is 0.000000292. The van der Waals surface area contributed by atoms with Crippen molar-refractivity contribution < 1.29 is 17.5 Å². The molecular weight excluding hydrogens is 212 g/mol. The Labute approximate surface area is 80.1 Å². The van der Waals surface area contributed by atoms with Crippen LogP contribution in [0.25, 0.3) is 0 Å². The molecule has 0 heterocycles. The van der Waals surface area contributed by atoms with E-state index in [-0.39, 0.29) is 0 Å². The van der Waals surface area contributed by atoms with Crippen LogP contribution in [0.2, 0.25) is 0 Å². The van der Waals surface area contributed by atoms with Gasteiger partial charge in [-0.05, 0) is 17.3 Å². The molecule has 1 aromatic carbocycles. The zero-order valence-electron chi connectivity index (χ0n) is 6.86. The van der Waals surface area contributed by atoms with E-state index in [0.717, 1.165) is 0 Å². The molecule has 0 unspecified atom stereocenters. The SMILES string of the molecule is Nc1ccccc1N=O.O=S(=O)(O)O. The highest BCUT2D eigenvalue weighted by Gasteiger charge is 1.92. The van der Waals surface area contributed by atoms with E-state index in [1.807, 2.05) is 0 Å². The Bertz CT molecular complexity index is 394. The molecule has 0 aliphatic rings. The second-order valence-corrected chi connectivity index (χ2v) is 2.99. The molecule has 0 aliphatic heterocycles. The van der Waals surface area contributed by atoms with E-state index in [1.54, 1.807) is 24.3 Å². The van der Waals surface area contributed by atoms with Crippen molar-refractivity contribution in [3.63, 3.8) is 0 Å². The quantitative estimate of drug-likeness (QED) is 0.368. The summed E-state index contributed by atoms with van der Waals surface area (Å²) in [6.07, 6.45) is 0. The molecule has 0 aromatic heterocycles. The van der Waals surface area contributed by atoms with Crippen molar-refractivity contribution in [2.75, 3.05) is 5.73 Å². The largest absolute Gasteiger partial charge is 0.397 e. The minimum Gasteiger partial charge on any atom is -0.397 e. The van der Waals surface area contributed by atoms with Gasteiger partial charge in [-0.2, -0.15) is 8.42 Å². The van der Waals surface area contributed by atoms with E-state index in [1.165, 1.54) is 0 Å². The van der Waals surface area contributed by atoms with Crippen molar-refractivity contribution in [1.29, 1.82) is 0 Å². The molecule has 1 aromatic rings. The Morgan fingerprint density at radius 1 is 1.21 bits per heavy atom. The predicted molar refractivity (Wildman–Crippen MR) is 50.5 cm³/mol. The van der Waals surface area contributed by atoms with Gasteiger partial charge in [0.05, 0.1) is 5.69 Å². The third kappa shape index (κ3) is 7.16. The van der Waals surface area contributed by atoms with E-state index < -0.39 is 10.4 Å². The molecule has 78 valence electrons. The first-order valence-electron chi connectivity index (χ1n) is 3.22. The molecule has 0 saturated heterocycles. The number of hydrogen-bond acceptors (Lipinski definition) is 5. The van der Waals surface area contributed by atoms with Crippen LogP contribution in [0, 0.1) is 4.91 Å². The predicted octanol–water partition coefficient (Wildman–Crippen LogP) is 1.01. The molecule has 0 atom stereocenters. The number of nitrogen functional groups attached to an aromatic ring is 1. The molecule has 7 nitrogen and oxygen atoms in total. The number of hydrogen-bond donors (Lipinski definition) is 3. The zero-order valence-corrected chi connectivity index (χ0v) is 7.68. The molecule has 0 amide bonds. The molecule has 0 radical (unpaired) electrons. The fourth-order valence-electron chi connectivity index (χ4n) is 0.571. The highest BCUT2D eigenvalue weighted by molar-refractivity contribution is 7.79. The molecule has 8 heteroatoms. The lowest BCUT2D eigenvalue weighted by Gasteiger charge is -1.91. The summed E-state index contributed by atoms with van der Waals surface area (Å²) in [6.45, 7) is 0. The minimum atomic E-state index is -4.67. The first-order valence-corrected chi connectivity index (χ1v) is 4.62. The maximum atomic E-state index is 9.90. The van der Waals surface area contributed by atoms with E-state index >= 15 is 0 Å². The topological polar surface area (TPSA) is 130 Å². The fraction of sp³-hybridized carbons (Fsp3) is 0. The number of benzene rings is 1. The second kappa shape index (κ2) is 5.27. The summed E-state index contributed by atoms with van der Waals surface area (Å²) >= 11 is 0. The third-order valence-electron chi connectivity index (χ3n) is 1.04. The van der Waals surface area contributed by atoms with Gasteiger partial charge in [0.15, 0.2) is 0 Å². The molecule has 0 aliphatic carbocycles. The van der Waals surface area contributed by atoms with Crippen LogP contribution in [-0.4, -0.2) is 17.5 Å². The molecule has 4 N–H and O–H groups in total. The van der Waals surface area contributed by atoms with Crippen molar-refractivity contribution >= 4 is 21.8 Å². The number of nitrogens with zero attached hydrogens (tertiary/aromatic N) is 1. The van der Waals surface area contributed by atoms with E-state index in [4.69, 9.17) is 23.3 Å². The van der Waals surface area contributed by atoms with Gasteiger partial charge >= 0.3 is 10.4 Å². The fourth-order valence-corrected chi connectivity index (χ4v) is 0.571. The number of anilines is 1. The third-order valence-corrected chi connectivity index (χ3v) is 1.04. The highest BCUT2D eigenvalue weighted by atomic mass is 32.3. The summed E-state index contributed by atoms with van der Waals surface area (Å²) in [5, 5.41) is 2.70. The molecule has 14 heavy (non-hydrogen) atoms. The van der Waals surface area contributed by atoms with Crippen LogP contribution in [0.3, 0.4) is 0 Å². The van der Waals surface area contributed by atoms with Gasteiger partial charge in [-0.15, -0.1) is 4.91 Å². The Hall–Kier alpha value is -1.51. The van der Waals surface area contributed by atoms with Gasteiger partial charge in [0.2, 0.25) is 0 Å². The number of para-hydroxylation sites is 1. The van der Waals surface area contributed by atoms with Crippen molar-refractivity contribution in [2.24, 2.45) is 5.18 Å². The molecule has 0 saturated carbocycles. The Morgan fingerprint density at radius 2 is 1.64 bits per heavy atom. The van der Waals surface area contributed by atoms with Crippen molar-refractivity contribution in [1.82, 2.24) is 0 Å². The second-order valence-electron chi connectivity index (χ2n) is 2.10. The normalized spacial score (nSPS) is 9.86. The summed E-state index contributed by atoms with van der Waals surface area (Å²) < 4.78 is 31.6. The van der Waals surface area contributed by atoms with Gasteiger partial charge < -0.3 is 5.73 Å². The summed E-state index contributed by atoms with van der Waals surface area (Å²) in [5.41, 5.74) is 6.06. The monoisotopic (exact) mass is 220 g/mol. The zero-order chi connectivity index (χ0) is 11.2. The van der Waals surface area contributed by atoms with Crippen LogP contribution in [0.1, 0.15) is 0 Å². The average Bonchev–Trinajstić information content (AvgIpc) is 2.02. The summed E-state index contributed by atoms with van der Waals surface area (Å²) in [4.78, 5) is 9.90.